The van der Waals surface area contributed by atoms with E-state index in [0.29, 0.717) is 12.2 Å². The Balaban J connectivity index is 2.01. The second kappa shape index (κ2) is 13.3. The Morgan fingerprint density at radius 1 is 0.969 bits per heavy atom. The van der Waals surface area contributed by atoms with Crippen LogP contribution in [-0.4, -0.2) is 54.3 Å². The Morgan fingerprint density at radius 2 is 1.66 bits per heavy atom. The highest BCUT2D eigenvalue weighted by Gasteiger charge is 2.27. The Hall–Kier alpha value is -3.20. The van der Waals surface area contributed by atoms with Crippen LogP contribution in [0.25, 0.3) is 0 Å². The molecule has 0 saturated heterocycles. The molecule has 0 aromatic heterocycles. The van der Waals surface area contributed by atoms with Crippen LogP contribution < -0.4 is 10.6 Å². The Labute approximate surface area is 191 Å². The molecule has 2 aromatic carbocycles. The monoisotopic (exact) mass is 460 g/mol. The molecule has 0 fully saturated rings. The van der Waals surface area contributed by atoms with Crippen molar-refractivity contribution in [2.75, 3.05) is 19.1 Å². The van der Waals surface area contributed by atoms with E-state index in [4.69, 9.17) is 9.47 Å². The van der Waals surface area contributed by atoms with Gasteiger partial charge in [0.05, 0.1) is 7.11 Å². The smallest absolute Gasteiger partial charge is 0.408 e. The van der Waals surface area contributed by atoms with Crippen molar-refractivity contribution in [3.63, 3.8) is 0 Å². The predicted molar refractivity (Wildman–Crippen MR) is 122 cm³/mol. The lowest BCUT2D eigenvalue weighted by molar-refractivity contribution is -0.145. The molecule has 8 nitrogen and oxygen atoms in total. The summed E-state index contributed by atoms with van der Waals surface area (Å²) in [6.45, 7) is 0.0785. The zero-order valence-corrected chi connectivity index (χ0v) is 18.9. The van der Waals surface area contributed by atoms with Crippen molar-refractivity contribution in [1.82, 2.24) is 10.6 Å². The maximum atomic E-state index is 12.9. The number of rotatable bonds is 11. The number of carbonyl (C=O) groups is 3. The lowest BCUT2D eigenvalue weighted by Gasteiger charge is -2.22. The average Bonchev–Trinajstić information content (AvgIpc) is 2.81. The van der Waals surface area contributed by atoms with Gasteiger partial charge in [-0.2, -0.15) is 11.8 Å². The van der Waals surface area contributed by atoms with Crippen molar-refractivity contribution in [2.45, 2.75) is 31.5 Å². The molecule has 0 aliphatic rings. The van der Waals surface area contributed by atoms with Gasteiger partial charge in [0.2, 0.25) is 5.91 Å². The largest absolute Gasteiger partial charge is 0.508 e. The van der Waals surface area contributed by atoms with E-state index in [1.54, 1.807) is 12.1 Å². The number of alkyl carbamates (subject to hydrolysis) is 1. The van der Waals surface area contributed by atoms with Crippen molar-refractivity contribution in [3.05, 3.63) is 65.7 Å². The molecule has 0 saturated carbocycles. The summed E-state index contributed by atoms with van der Waals surface area (Å²) in [5.41, 5.74) is 1.56. The lowest BCUT2D eigenvalue weighted by atomic mass is 10.0. The van der Waals surface area contributed by atoms with Crippen LogP contribution in [0.15, 0.2) is 54.6 Å². The van der Waals surface area contributed by atoms with E-state index in [-0.39, 0.29) is 18.8 Å². The zero-order chi connectivity index (χ0) is 23.3. The Kier molecular flexibility index (Phi) is 10.4. The van der Waals surface area contributed by atoms with Crippen LogP contribution in [0.3, 0.4) is 0 Å². The van der Waals surface area contributed by atoms with Crippen LogP contribution >= 0.6 is 11.8 Å². The van der Waals surface area contributed by atoms with Crippen LogP contribution in [0.5, 0.6) is 5.75 Å². The van der Waals surface area contributed by atoms with Gasteiger partial charge >= 0.3 is 12.1 Å². The summed E-state index contributed by atoms with van der Waals surface area (Å²) in [5.74, 6) is -0.396. The van der Waals surface area contributed by atoms with E-state index in [1.165, 1.54) is 31.0 Å². The number of carbonyl (C=O) groups excluding carboxylic acids is 3. The summed E-state index contributed by atoms with van der Waals surface area (Å²) < 4.78 is 10.0. The summed E-state index contributed by atoms with van der Waals surface area (Å²) in [6.07, 6.45) is 1.71. The minimum atomic E-state index is -0.948. The second-order valence-corrected chi connectivity index (χ2v) is 7.98. The first kappa shape index (κ1) is 25.1. The first-order chi connectivity index (χ1) is 15.4. The van der Waals surface area contributed by atoms with Crippen LogP contribution in [0, 0.1) is 0 Å². The quantitative estimate of drug-likeness (QED) is 0.442. The second-order valence-electron chi connectivity index (χ2n) is 7.00. The molecule has 0 aliphatic carbocycles. The van der Waals surface area contributed by atoms with Gasteiger partial charge in [-0.15, -0.1) is 0 Å². The van der Waals surface area contributed by atoms with Crippen molar-refractivity contribution in [3.8, 4) is 5.75 Å². The number of aromatic hydroxyl groups is 1. The molecule has 2 rings (SSSR count). The SMILES string of the molecule is COC(=O)[C@@H](Cc1ccc(O)cc1)NC(=O)[C@@H](CCSC)NC(=O)OCc1ccccc1. The third kappa shape index (κ3) is 8.50. The highest BCUT2D eigenvalue weighted by molar-refractivity contribution is 7.98. The van der Waals surface area contributed by atoms with Crippen LogP contribution in [0.2, 0.25) is 0 Å². The van der Waals surface area contributed by atoms with Gasteiger partial charge in [-0.05, 0) is 41.7 Å². The van der Waals surface area contributed by atoms with Crippen LogP contribution in [0.4, 0.5) is 4.79 Å². The molecule has 2 aromatic rings. The topological polar surface area (TPSA) is 114 Å². The van der Waals surface area contributed by atoms with E-state index < -0.39 is 30.1 Å². The minimum absolute atomic E-state index is 0.0785. The Morgan fingerprint density at radius 3 is 2.28 bits per heavy atom. The number of phenolic OH excluding ortho intramolecular Hbond substituents is 1. The van der Waals surface area contributed by atoms with Gasteiger partial charge < -0.3 is 25.2 Å². The predicted octanol–water partition coefficient (Wildman–Crippen LogP) is 2.64. The average molecular weight is 461 g/mol. The van der Waals surface area contributed by atoms with Crippen molar-refractivity contribution in [1.29, 1.82) is 0 Å². The molecule has 172 valence electrons. The van der Waals surface area contributed by atoms with E-state index in [2.05, 4.69) is 10.6 Å². The molecule has 32 heavy (non-hydrogen) atoms. The fraction of sp³-hybridized carbons (Fsp3) is 0.348. The molecule has 2 amide bonds. The summed E-state index contributed by atoms with van der Waals surface area (Å²) in [4.78, 5) is 37.4. The number of ether oxygens (including phenoxy) is 2. The fourth-order valence-electron chi connectivity index (χ4n) is 2.89. The van der Waals surface area contributed by atoms with Crippen molar-refractivity contribution >= 4 is 29.7 Å². The third-order valence-electron chi connectivity index (χ3n) is 4.61. The molecule has 0 bridgehead atoms. The van der Waals surface area contributed by atoms with Gasteiger partial charge in [-0.3, -0.25) is 4.79 Å². The lowest BCUT2D eigenvalue weighted by Crippen LogP contribution is -2.52. The molecule has 0 aliphatic heterocycles. The molecule has 9 heteroatoms. The highest BCUT2D eigenvalue weighted by Crippen LogP contribution is 2.12. The maximum Gasteiger partial charge on any atom is 0.408 e. The number of thioether (sulfide) groups is 1. The molecule has 2 atom stereocenters. The first-order valence-electron chi connectivity index (χ1n) is 10.0. The third-order valence-corrected chi connectivity index (χ3v) is 5.25. The van der Waals surface area contributed by atoms with Crippen molar-refractivity contribution in [2.24, 2.45) is 0 Å². The maximum absolute atomic E-state index is 12.9. The van der Waals surface area contributed by atoms with Gasteiger partial charge in [0, 0.05) is 6.42 Å². The summed E-state index contributed by atoms with van der Waals surface area (Å²) in [7, 11) is 1.24. The highest BCUT2D eigenvalue weighted by atomic mass is 32.2. The van der Waals surface area contributed by atoms with Crippen LogP contribution in [0.1, 0.15) is 17.5 Å². The van der Waals surface area contributed by atoms with Crippen molar-refractivity contribution < 1.29 is 29.0 Å². The minimum Gasteiger partial charge on any atom is -0.508 e. The molecule has 0 spiro atoms. The number of hydrogen-bond acceptors (Lipinski definition) is 7. The number of esters is 1. The van der Waals surface area contributed by atoms with E-state index in [9.17, 15) is 19.5 Å². The number of amides is 2. The van der Waals surface area contributed by atoms with Gasteiger partial charge in [0.25, 0.3) is 0 Å². The van der Waals surface area contributed by atoms with E-state index in [0.717, 1.165) is 11.1 Å². The normalized spacial score (nSPS) is 12.3. The molecule has 3 N–H and O–H groups in total. The number of phenols is 1. The number of benzene rings is 2. The molecular formula is C23H28N2O6S. The van der Waals surface area contributed by atoms with E-state index in [1.807, 2.05) is 36.6 Å². The molecule has 0 radical (unpaired) electrons. The molecule has 0 unspecified atom stereocenters. The van der Waals surface area contributed by atoms with Gasteiger partial charge in [-0.25, -0.2) is 9.59 Å². The summed E-state index contributed by atoms with van der Waals surface area (Å²) >= 11 is 1.53. The standard InChI is InChI=1S/C23H28N2O6S/c1-30-22(28)20(14-16-8-10-18(26)11-9-16)24-21(27)19(12-13-32-2)25-23(29)31-15-17-6-4-3-5-7-17/h3-11,19-20,26H,12-15H2,1-2H3,(H,24,27)(H,25,29)/t19-,20-/m1/s1. The number of nitrogens with one attached hydrogen (secondary N) is 2. The summed E-state index contributed by atoms with van der Waals surface area (Å²) in [6, 6.07) is 13.7. The molecule has 0 heterocycles. The fourth-order valence-corrected chi connectivity index (χ4v) is 3.36. The van der Waals surface area contributed by atoms with Gasteiger partial charge in [0.15, 0.2) is 0 Å². The number of methoxy groups -OCH3 is 1. The zero-order valence-electron chi connectivity index (χ0n) is 18.1. The summed E-state index contributed by atoms with van der Waals surface area (Å²) in [5, 5.41) is 14.7. The van der Waals surface area contributed by atoms with Gasteiger partial charge in [0.1, 0.15) is 24.4 Å². The number of hydrogen-bond donors (Lipinski definition) is 3. The molecular weight excluding hydrogens is 432 g/mol. The first-order valence-corrected chi connectivity index (χ1v) is 11.4. The van der Waals surface area contributed by atoms with E-state index >= 15 is 0 Å². The van der Waals surface area contributed by atoms with Gasteiger partial charge in [-0.1, -0.05) is 42.5 Å². The van der Waals surface area contributed by atoms with Crippen LogP contribution in [-0.2, 0) is 32.1 Å². The Bertz CT molecular complexity index is 876.